The topological polar surface area (TPSA) is 73.7 Å². The Morgan fingerprint density at radius 1 is 1.03 bits per heavy atom. The van der Waals surface area contributed by atoms with Crippen molar-refractivity contribution < 1.29 is 9.59 Å². The van der Waals surface area contributed by atoms with Crippen molar-refractivity contribution in [3.8, 4) is 0 Å². The number of nitrogens with one attached hydrogen (secondary N) is 1. The molecule has 3 heterocycles. The molecule has 0 bridgehead atoms. The van der Waals surface area contributed by atoms with E-state index in [0.717, 1.165) is 50.5 Å². The molecule has 0 atom stereocenters. The number of hydrogen-bond donors (Lipinski definition) is 1. The van der Waals surface area contributed by atoms with Crippen molar-refractivity contribution >= 4 is 17.5 Å². The van der Waals surface area contributed by atoms with E-state index in [9.17, 15) is 9.59 Å². The Balaban J connectivity index is 1.25. The monoisotopic (exact) mass is 438 g/mol. The highest BCUT2D eigenvalue weighted by molar-refractivity contribution is 5.95. The highest BCUT2D eigenvalue weighted by atomic mass is 16.2. The smallest absolute Gasteiger partial charge is 0.253 e. The number of aryl methyl sites for hydroxylation is 1. The van der Waals surface area contributed by atoms with Gasteiger partial charge in [-0.2, -0.15) is 5.10 Å². The number of carbonyl (C=O) groups is 2. The van der Waals surface area contributed by atoms with Crippen LogP contribution in [0.1, 0.15) is 35.7 Å². The minimum atomic E-state index is -0.0741. The first kappa shape index (κ1) is 22.5. The van der Waals surface area contributed by atoms with Gasteiger partial charge in [0.25, 0.3) is 5.91 Å². The van der Waals surface area contributed by atoms with E-state index in [1.807, 2.05) is 30.2 Å². The fourth-order valence-corrected chi connectivity index (χ4v) is 4.39. The van der Waals surface area contributed by atoms with Crippen molar-refractivity contribution in [2.45, 2.75) is 32.9 Å². The van der Waals surface area contributed by atoms with Gasteiger partial charge in [0.2, 0.25) is 5.91 Å². The number of nitrogens with zero attached hydrogens (tertiary/aromatic N) is 5. The number of rotatable bonds is 6. The van der Waals surface area contributed by atoms with Gasteiger partial charge in [-0.25, -0.2) is 0 Å². The lowest BCUT2D eigenvalue weighted by molar-refractivity contribution is -0.121. The van der Waals surface area contributed by atoms with Crippen molar-refractivity contribution in [2.24, 2.45) is 5.92 Å². The number of hydrogen-bond acceptors (Lipinski definition) is 5. The summed E-state index contributed by atoms with van der Waals surface area (Å²) >= 11 is 0. The van der Waals surface area contributed by atoms with Crippen LogP contribution < -0.4 is 5.32 Å². The molecule has 2 saturated heterocycles. The van der Waals surface area contributed by atoms with Crippen molar-refractivity contribution in [1.82, 2.24) is 24.5 Å². The number of likely N-dealkylation sites (N-methyl/N-ethyl adjacent to an activating group) is 1. The van der Waals surface area contributed by atoms with Crippen molar-refractivity contribution in [3.05, 3.63) is 47.8 Å². The third-order valence-corrected chi connectivity index (χ3v) is 6.58. The molecule has 32 heavy (non-hydrogen) atoms. The SMILES string of the molecule is CCn1cc(NC(=O)C2CCN(C(=O)c3ccc(CN4CCN(C)CC4)cc3)CC2)cn1. The summed E-state index contributed by atoms with van der Waals surface area (Å²) in [6.07, 6.45) is 4.87. The van der Waals surface area contributed by atoms with Crippen LogP contribution in [0.4, 0.5) is 5.69 Å². The Hall–Kier alpha value is -2.71. The lowest BCUT2D eigenvalue weighted by Crippen LogP contribution is -2.43. The largest absolute Gasteiger partial charge is 0.339 e. The lowest BCUT2D eigenvalue weighted by atomic mass is 9.95. The Morgan fingerprint density at radius 3 is 2.34 bits per heavy atom. The molecule has 0 saturated carbocycles. The number of aromatic nitrogens is 2. The molecule has 2 aromatic rings. The number of carbonyl (C=O) groups excluding carboxylic acids is 2. The Morgan fingerprint density at radius 2 is 1.72 bits per heavy atom. The number of likely N-dealkylation sites (tertiary alicyclic amines) is 1. The van der Waals surface area contributed by atoms with Crippen molar-refractivity contribution in [3.63, 3.8) is 0 Å². The summed E-state index contributed by atoms with van der Waals surface area (Å²) in [4.78, 5) is 32.2. The standard InChI is InChI=1S/C24H34N6O2/c1-3-30-18-22(16-25-30)26-23(31)20-8-10-29(11-9-20)24(32)21-6-4-19(5-7-21)17-28-14-12-27(2)13-15-28/h4-7,16,18,20H,3,8-15,17H2,1-2H3,(H,26,31). The van der Waals surface area contributed by atoms with Crippen molar-refractivity contribution in [2.75, 3.05) is 51.6 Å². The van der Waals surface area contributed by atoms with Crippen LogP contribution in [0.15, 0.2) is 36.7 Å². The average molecular weight is 439 g/mol. The van der Waals surface area contributed by atoms with Gasteiger partial charge < -0.3 is 15.1 Å². The molecule has 1 aromatic heterocycles. The van der Waals surface area contributed by atoms with E-state index in [0.29, 0.717) is 25.9 Å². The predicted octanol–water partition coefficient (Wildman–Crippen LogP) is 2.14. The summed E-state index contributed by atoms with van der Waals surface area (Å²) in [5.74, 6) is -0.00442. The fourth-order valence-electron chi connectivity index (χ4n) is 4.39. The van der Waals surface area contributed by atoms with E-state index < -0.39 is 0 Å². The molecule has 0 radical (unpaired) electrons. The zero-order valence-electron chi connectivity index (χ0n) is 19.2. The summed E-state index contributed by atoms with van der Waals surface area (Å²) < 4.78 is 1.79. The Kier molecular flexibility index (Phi) is 7.22. The van der Waals surface area contributed by atoms with Crippen LogP contribution in [0.5, 0.6) is 0 Å². The molecule has 8 heteroatoms. The minimum absolute atomic E-state index is 0.0148. The fraction of sp³-hybridized carbons (Fsp3) is 0.542. The zero-order valence-corrected chi connectivity index (χ0v) is 19.2. The highest BCUT2D eigenvalue weighted by Gasteiger charge is 2.28. The van der Waals surface area contributed by atoms with Crippen LogP contribution in [0, 0.1) is 5.92 Å². The number of anilines is 1. The number of benzene rings is 1. The molecule has 2 fully saturated rings. The summed E-state index contributed by atoms with van der Waals surface area (Å²) in [6.45, 7) is 9.29. The maximum Gasteiger partial charge on any atom is 0.253 e. The Labute approximate surface area is 190 Å². The normalized spacial score (nSPS) is 18.6. The minimum Gasteiger partial charge on any atom is -0.339 e. The molecule has 8 nitrogen and oxygen atoms in total. The van der Waals surface area contributed by atoms with Crippen LogP contribution >= 0.6 is 0 Å². The zero-order chi connectivity index (χ0) is 22.5. The second-order valence-corrected chi connectivity index (χ2v) is 8.92. The van der Waals surface area contributed by atoms with Crippen LogP contribution in [-0.2, 0) is 17.9 Å². The second-order valence-electron chi connectivity index (χ2n) is 8.92. The summed E-state index contributed by atoms with van der Waals surface area (Å²) in [6, 6.07) is 8.03. The van der Waals surface area contributed by atoms with E-state index >= 15 is 0 Å². The summed E-state index contributed by atoms with van der Waals surface area (Å²) in [7, 11) is 2.16. The van der Waals surface area contributed by atoms with E-state index in [2.05, 4.69) is 39.4 Å². The second kappa shape index (κ2) is 10.3. The van der Waals surface area contributed by atoms with Gasteiger partial charge in [0, 0.05) is 70.0 Å². The van der Waals surface area contributed by atoms with Gasteiger partial charge in [0.1, 0.15) is 0 Å². The van der Waals surface area contributed by atoms with Gasteiger partial charge in [-0.15, -0.1) is 0 Å². The summed E-state index contributed by atoms with van der Waals surface area (Å²) in [5, 5.41) is 7.14. The molecular weight excluding hydrogens is 404 g/mol. The van der Waals surface area contributed by atoms with Gasteiger partial charge in [-0.3, -0.25) is 19.2 Å². The third-order valence-electron chi connectivity index (χ3n) is 6.58. The van der Waals surface area contributed by atoms with Gasteiger partial charge >= 0.3 is 0 Å². The maximum absolute atomic E-state index is 12.9. The molecule has 2 aliphatic rings. The Bertz CT molecular complexity index is 909. The number of piperidine rings is 1. The molecule has 1 N–H and O–H groups in total. The van der Waals surface area contributed by atoms with E-state index in [4.69, 9.17) is 0 Å². The molecule has 1 aromatic carbocycles. The number of amides is 2. The van der Waals surface area contributed by atoms with E-state index in [1.165, 1.54) is 5.56 Å². The van der Waals surface area contributed by atoms with Crippen LogP contribution in [0.2, 0.25) is 0 Å². The first-order valence-electron chi connectivity index (χ1n) is 11.6. The third kappa shape index (κ3) is 5.55. The predicted molar refractivity (Wildman–Crippen MR) is 124 cm³/mol. The highest BCUT2D eigenvalue weighted by Crippen LogP contribution is 2.21. The van der Waals surface area contributed by atoms with Crippen LogP contribution in [-0.4, -0.2) is 82.6 Å². The number of piperazine rings is 1. The van der Waals surface area contributed by atoms with Crippen molar-refractivity contribution in [1.29, 1.82) is 0 Å². The first-order chi connectivity index (χ1) is 15.5. The van der Waals surface area contributed by atoms with E-state index in [1.54, 1.807) is 10.9 Å². The van der Waals surface area contributed by atoms with Gasteiger partial charge in [-0.1, -0.05) is 12.1 Å². The molecule has 4 rings (SSSR count). The maximum atomic E-state index is 12.9. The molecular formula is C24H34N6O2. The summed E-state index contributed by atoms with van der Waals surface area (Å²) in [5.41, 5.74) is 2.70. The molecule has 2 amide bonds. The molecule has 172 valence electrons. The first-order valence-corrected chi connectivity index (χ1v) is 11.6. The molecule has 0 aliphatic carbocycles. The molecule has 0 unspecified atom stereocenters. The molecule has 2 aliphatic heterocycles. The van der Waals surface area contributed by atoms with Crippen LogP contribution in [0.25, 0.3) is 0 Å². The van der Waals surface area contributed by atoms with Crippen LogP contribution in [0.3, 0.4) is 0 Å². The van der Waals surface area contributed by atoms with Gasteiger partial charge in [0.05, 0.1) is 11.9 Å². The quantitative estimate of drug-likeness (QED) is 0.748. The van der Waals surface area contributed by atoms with E-state index in [-0.39, 0.29) is 17.7 Å². The van der Waals surface area contributed by atoms with Gasteiger partial charge in [-0.05, 0) is 44.5 Å². The molecule has 0 spiro atoms. The average Bonchev–Trinajstić information content (AvgIpc) is 3.28. The van der Waals surface area contributed by atoms with Gasteiger partial charge in [0.15, 0.2) is 0 Å². The lowest BCUT2D eigenvalue weighted by Gasteiger charge is -2.32.